The maximum atomic E-state index is 14.2. The monoisotopic (exact) mass is 343 g/mol. The van der Waals surface area contributed by atoms with Gasteiger partial charge in [-0.05, 0) is 43.4 Å². The minimum absolute atomic E-state index is 0.0958. The molecule has 0 radical (unpaired) electrons. The van der Waals surface area contributed by atoms with Gasteiger partial charge in [0.1, 0.15) is 11.6 Å². The van der Waals surface area contributed by atoms with Crippen molar-refractivity contribution in [1.82, 2.24) is 10.1 Å². The zero-order valence-corrected chi connectivity index (χ0v) is 14.1. The van der Waals surface area contributed by atoms with E-state index in [-0.39, 0.29) is 30.1 Å². The second kappa shape index (κ2) is 6.67. The first-order chi connectivity index (χ1) is 12.2. The molecule has 132 valence electrons. The molecule has 2 bridgehead atoms. The number of benzene rings is 1. The molecule has 0 spiro atoms. The molecule has 2 aliphatic rings. The number of carbonyl (C=O) groups is 1. The predicted molar refractivity (Wildman–Crippen MR) is 90.0 cm³/mol. The minimum Gasteiger partial charge on any atom is -0.339 e. The molecule has 1 heterocycles. The van der Waals surface area contributed by atoms with Crippen LogP contribution in [-0.2, 0) is 11.3 Å². The van der Waals surface area contributed by atoms with Crippen molar-refractivity contribution in [2.24, 2.45) is 17.6 Å². The molecule has 0 aliphatic heterocycles. The fourth-order valence-electron chi connectivity index (χ4n) is 4.23. The van der Waals surface area contributed by atoms with Gasteiger partial charge in [0.05, 0.1) is 5.56 Å². The fraction of sp³-hybridized carbons (Fsp3) is 0.526. The summed E-state index contributed by atoms with van der Waals surface area (Å²) in [6.45, 7) is 0.285. The Labute approximate surface area is 145 Å². The van der Waals surface area contributed by atoms with Crippen LogP contribution in [0.4, 0.5) is 4.39 Å². The molecule has 4 rings (SSSR count). The SMILES string of the molecule is NCc1ccc(-c2noc(C3CC4CCCCC(C3)C4=O)n2)c(F)c1. The lowest BCUT2D eigenvalue weighted by molar-refractivity contribution is -0.129. The highest BCUT2D eigenvalue weighted by molar-refractivity contribution is 5.84. The predicted octanol–water partition coefficient (Wildman–Crippen LogP) is 3.59. The van der Waals surface area contributed by atoms with Crippen LogP contribution in [0.5, 0.6) is 0 Å². The molecular weight excluding hydrogens is 321 g/mol. The number of hydrogen-bond donors (Lipinski definition) is 1. The summed E-state index contributed by atoms with van der Waals surface area (Å²) >= 11 is 0. The highest BCUT2D eigenvalue weighted by Gasteiger charge is 2.40. The Hall–Kier alpha value is -2.08. The first-order valence-electron chi connectivity index (χ1n) is 9.02. The Kier molecular flexibility index (Phi) is 4.37. The molecule has 0 amide bonds. The van der Waals surface area contributed by atoms with Crippen LogP contribution in [0.25, 0.3) is 11.4 Å². The first kappa shape index (κ1) is 16.4. The van der Waals surface area contributed by atoms with Crippen LogP contribution in [0.3, 0.4) is 0 Å². The fourth-order valence-corrected chi connectivity index (χ4v) is 4.23. The van der Waals surface area contributed by atoms with Crippen molar-refractivity contribution in [3.63, 3.8) is 0 Å². The molecule has 2 aliphatic carbocycles. The number of nitrogens with two attached hydrogens (primary N) is 1. The van der Waals surface area contributed by atoms with Crippen LogP contribution in [-0.4, -0.2) is 15.9 Å². The van der Waals surface area contributed by atoms with Crippen molar-refractivity contribution >= 4 is 5.78 Å². The number of ketones is 1. The molecule has 25 heavy (non-hydrogen) atoms. The second-order valence-electron chi connectivity index (χ2n) is 7.22. The number of nitrogens with zero attached hydrogens (tertiary/aromatic N) is 2. The van der Waals surface area contributed by atoms with E-state index in [4.69, 9.17) is 10.3 Å². The van der Waals surface area contributed by atoms with E-state index in [1.54, 1.807) is 12.1 Å². The number of halogens is 1. The van der Waals surface area contributed by atoms with Gasteiger partial charge in [0.15, 0.2) is 0 Å². The van der Waals surface area contributed by atoms with Crippen LogP contribution in [0.15, 0.2) is 22.7 Å². The van der Waals surface area contributed by atoms with E-state index in [0.29, 0.717) is 17.2 Å². The summed E-state index contributed by atoms with van der Waals surface area (Å²) in [7, 11) is 0. The van der Waals surface area contributed by atoms with Crippen molar-refractivity contribution in [1.29, 1.82) is 0 Å². The van der Waals surface area contributed by atoms with Crippen LogP contribution >= 0.6 is 0 Å². The maximum Gasteiger partial charge on any atom is 0.230 e. The van der Waals surface area contributed by atoms with Crippen molar-refractivity contribution in [2.45, 2.75) is 51.0 Å². The molecule has 1 aromatic carbocycles. The molecular formula is C19H22FN3O2. The van der Waals surface area contributed by atoms with E-state index < -0.39 is 5.82 Å². The topological polar surface area (TPSA) is 82.0 Å². The Morgan fingerprint density at radius 2 is 1.88 bits per heavy atom. The molecule has 2 fully saturated rings. The standard InChI is InChI=1S/C19H22FN3O2/c20-16-7-11(10-21)5-6-15(16)18-22-19(25-23-18)14-8-12-3-1-2-4-13(9-14)17(12)24/h5-7,12-14H,1-4,8-10,21H2. The van der Waals surface area contributed by atoms with Crippen LogP contribution in [0, 0.1) is 17.7 Å². The summed E-state index contributed by atoms with van der Waals surface area (Å²) in [5.74, 6) is 1.13. The second-order valence-corrected chi connectivity index (χ2v) is 7.22. The van der Waals surface area contributed by atoms with Crippen LogP contribution in [0.1, 0.15) is 55.9 Å². The third-order valence-electron chi connectivity index (χ3n) is 5.60. The Balaban J connectivity index is 1.58. The van der Waals surface area contributed by atoms with Gasteiger partial charge in [0, 0.05) is 24.3 Å². The van der Waals surface area contributed by atoms with Crippen molar-refractivity contribution in [3.8, 4) is 11.4 Å². The number of hydrogen-bond acceptors (Lipinski definition) is 5. The summed E-state index contributed by atoms with van der Waals surface area (Å²) < 4.78 is 19.7. The molecule has 2 atom stereocenters. The number of fused-ring (bicyclic) bond motifs is 2. The Morgan fingerprint density at radius 1 is 1.16 bits per heavy atom. The van der Waals surface area contributed by atoms with Crippen molar-refractivity contribution in [2.75, 3.05) is 0 Å². The summed E-state index contributed by atoms with van der Waals surface area (Å²) in [6.07, 6.45) is 5.70. The third-order valence-corrected chi connectivity index (χ3v) is 5.60. The zero-order valence-electron chi connectivity index (χ0n) is 14.1. The van der Waals surface area contributed by atoms with Crippen molar-refractivity contribution in [3.05, 3.63) is 35.5 Å². The number of rotatable bonds is 3. The largest absolute Gasteiger partial charge is 0.339 e. The van der Waals surface area contributed by atoms with Gasteiger partial charge in [-0.1, -0.05) is 24.1 Å². The van der Waals surface area contributed by atoms with E-state index in [9.17, 15) is 9.18 Å². The van der Waals surface area contributed by atoms with Gasteiger partial charge in [-0.2, -0.15) is 4.98 Å². The average molecular weight is 343 g/mol. The lowest BCUT2D eigenvalue weighted by Gasteiger charge is -2.29. The maximum absolute atomic E-state index is 14.2. The zero-order chi connectivity index (χ0) is 17.4. The first-order valence-corrected chi connectivity index (χ1v) is 9.02. The molecule has 0 saturated heterocycles. The van der Waals surface area contributed by atoms with Crippen LogP contribution in [0.2, 0.25) is 0 Å². The highest BCUT2D eigenvalue weighted by Crippen LogP contribution is 2.43. The molecule has 2 saturated carbocycles. The molecule has 5 nitrogen and oxygen atoms in total. The van der Waals surface area contributed by atoms with Gasteiger partial charge in [0.25, 0.3) is 0 Å². The minimum atomic E-state index is -0.400. The molecule has 2 N–H and O–H groups in total. The highest BCUT2D eigenvalue weighted by atomic mass is 19.1. The molecule has 2 aromatic rings. The lowest BCUT2D eigenvalue weighted by Crippen LogP contribution is -2.30. The molecule has 1 aromatic heterocycles. The van der Waals surface area contributed by atoms with E-state index in [1.165, 1.54) is 6.07 Å². The van der Waals surface area contributed by atoms with Crippen molar-refractivity contribution < 1.29 is 13.7 Å². The molecule has 6 heteroatoms. The van der Waals surface area contributed by atoms with Gasteiger partial charge in [-0.25, -0.2) is 4.39 Å². The Morgan fingerprint density at radius 3 is 2.52 bits per heavy atom. The normalized spacial score (nSPS) is 26.5. The van der Waals surface area contributed by atoms with Gasteiger partial charge in [-0.15, -0.1) is 0 Å². The van der Waals surface area contributed by atoms with Gasteiger partial charge >= 0.3 is 0 Å². The van der Waals surface area contributed by atoms with Crippen LogP contribution < -0.4 is 5.73 Å². The number of carbonyl (C=O) groups excluding carboxylic acids is 1. The summed E-state index contributed by atoms with van der Waals surface area (Å²) in [5.41, 5.74) is 6.57. The van der Waals surface area contributed by atoms with Gasteiger partial charge in [0.2, 0.25) is 11.7 Å². The quantitative estimate of drug-likeness (QED) is 0.921. The summed E-state index contributed by atoms with van der Waals surface area (Å²) in [4.78, 5) is 16.9. The average Bonchev–Trinajstić information content (AvgIpc) is 3.07. The molecule has 2 unspecified atom stereocenters. The number of aromatic nitrogens is 2. The Bertz CT molecular complexity index is 771. The number of Topliss-reactive ketones (excluding diaryl/α,β-unsaturated/α-hetero) is 1. The summed E-state index contributed by atoms with van der Waals surface area (Å²) in [5, 5.41) is 3.97. The van der Waals surface area contributed by atoms with E-state index >= 15 is 0 Å². The van der Waals surface area contributed by atoms with Gasteiger partial charge < -0.3 is 10.3 Å². The smallest absolute Gasteiger partial charge is 0.230 e. The van der Waals surface area contributed by atoms with E-state index in [1.807, 2.05) is 0 Å². The van der Waals surface area contributed by atoms with Gasteiger partial charge in [-0.3, -0.25) is 4.79 Å². The van der Waals surface area contributed by atoms with E-state index in [2.05, 4.69) is 10.1 Å². The van der Waals surface area contributed by atoms with E-state index in [0.717, 1.165) is 44.1 Å². The third kappa shape index (κ3) is 3.11. The lowest BCUT2D eigenvalue weighted by atomic mass is 9.73. The summed E-state index contributed by atoms with van der Waals surface area (Å²) in [6, 6.07) is 4.80.